The van der Waals surface area contributed by atoms with Gasteiger partial charge in [0.25, 0.3) is 5.91 Å². The second-order valence-corrected chi connectivity index (χ2v) is 7.61. The van der Waals surface area contributed by atoms with Crippen LogP contribution in [0.25, 0.3) is 0 Å². The molecule has 28 heavy (non-hydrogen) atoms. The summed E-state index contributed by atoms with van der Waals surface area (Å²) in [4.78, 5) is 28.1. The van der Waals surface area contributed by atoms with Gasteiger partial charge in [0, 0.05) is 19.2 Å². The number of aromatic hydroxyl groups is 1. The van der Waals surface area contributed by atoms with Gasteiger partial charge in [0.1, 0.15) is 18.5 Å². The Hall–Kier alpha value is -3.26. The van der Waals surface area contributed by atoms with Gasteiger partial charge >= 0.3 is 4.87 Å². The summed E-state index contributed by atoms with van der Waals surface area (Å²) in [7, 11) is 1.75. The number of likely N-dealkylation sites (N-methyl/N-ethyl adjacent to an activating group) is 1. The molecular weight excluding hydrogens is 378 g/mol. The van der Waals surface area contributed by atoms with Crippen molar-refractivity contribution in [2.75, 3.05) is 19.0 Å². The maximum atomic E-state index is 12.5. The van der Waals surface area contributed by atoms with Crippen molar-refractivity contribution >= 4 is 22.9 Å². The molecule has 4 rings (SSSR count). The number of para-hydroxylation sites is 1. The lowest BCUT2D eigenvalue weighted by Crippen LogP contribution is -2.49. The maximum Gasteiger partial charge on any atom is 0.307 e. The summed E-state index contributed by atoms with van der Waals surface area (Å²) in [5.74, 6) is 0.562. The zero-order valence-electron chi connectivity index (χ0n) is 15.1. The molecule has 2 aromatic carbocycles. The Morgan fingerprint density at radius 3 is 2.61 bits per heavy atom. The Balaban J connectivity index is 1.39. The van der Waals surface area contributed by atoms with Crippen LogP contribution in [0.1, 0.15) is 20.8 Å². The lowest BCUT2D eigenvalue weighted by atomic mass is 10.1. The van der Waals surface area contributed by atoms with Crippen molar-refractivity contribution in [2.24, 2.45) is 0 Å². The SMILES string of the molecule is CN1C(=O)c2ccccc2NC1COc1ccc(Cc2sc(=O)[nH]c2O)cc1. The van der Waals surface area contributed by atoms with Crippen LogP contribution >= 0.6 is 11.3 Å². The monoisotopic (exact) mass is 397 g/mol. The van der Waals surface area contributed by atoms with E-state index in [-0.39, 0.29) is 22.8 Å². The van der Waals surface area contributed by atoms with Gasteiger partial charge in [0.05, 0.1) is 10.4 Å². The van der Waals surface area contributed by atoms with Gasteiger partial charge in [-0.1, -0.05) is 35.6 Å². The number of carbonyl (C=O) groups excluding carboxylic acids is 1. The Labute approximate surface area is 165 Å². The highest BCUT2D eigenvalue weighted by atomic mass is 32.1. The fraction of sp³-hybridized carbons (Fsp3) is 0.200. The first-order valence-electron chi connectivity index (χ1n) is 8.76. The third kappa shape index (κ3) is 3.59. The smallest absolute Gasteiger partial charge is 0.307 e. The van der Waals surface area contributed by atoms with Crippen molar-refractivity contribution in [1.29, 1.82) is 0 Å². The van der Waals surface area contributed by atoms with E-state index >= 15 is 0 Å². The molecule has 2 heterocycles. The summed E-state index contributed by atoms with van der Waals surface area (Å²) in [6.07, 6.45) is 0.199. The third-order valence-electron chi connectivity index (χ3n) is 4.66. The Morgan fingerprint density at radius 2 is 1.89 bits per heavy atom. The number of H-pyrrole nitrogens is 1. The van der Waals surface area contributed by atoms with Crippen LogP contribution < -0.4 is 14.9 Å². The van der Waals surface area contributed by atoms with Crippen molar-refractivity contribution in [3.05, 3.63) is 74.2 Å². The predicted molar refractivity (Wildman–Crippen MR) is 107 cm³/mol. The summed E-state index contributed by atoms with van der Waals surface area (Å²) in [6, 6.07) is 14.9. The highest BCUT2D eigenvalue weighted by molar-refractivity contribution is 7.09. The van der Waals surface area contributed by atoms with Gasteiger partial charge in [0.15, 0.2) is 0 Å². The van der Waals surface area contributed by atoms with E-state index in [4.69, 9.17) is 4.74 Å². The van der Waals surface area contributed by atoms with Gasteiger partial charge in [-0.25, -0.2) is 0 Å². The fourth-order valence-electron chi connectivity index (χ4n) is 3.09. The second-order valence-electron chi connectivity index (χ2n) is 6.54. The van der Waals surface area contributed by atoms with Gasteiger partial charge in [-0.15, -0.1) is 0 Å². The molecule has 1 atom stereocenters. The number of nitrogens with one attached hydrogen (secondary N) is 2. The van der Waals surface area contributed by atoms with E-state index in [0.717, 1.165) is 22.6 Å². The lowest BCUT2D eigenvalue weighted by Gasteiger charge is -2.35. The number of rotatable bonds is 5. The predicted octanol–water partition coefficient (Wildman–Crippen LogP) is 2.64. The summed E-state index contributed by atoms with van der Waals surface area (Å²) in [6.45, 7) is 0.302. The third-order valence-corrected chi connectivity index (χ3v) is 5.54. The average Bonchev–Trinajstić information content (AvgIpc) is 3.01. The standard InChI is InChI=1S/C20H19N3O4S/c1-23-17(21-15-5-3-2-4-14(15)19(23)25)11-27-13-8-6-12(7-9-13)10-16-18(24)22-20(26)28-16/h2-9,17,21,24H,10-11H2,1H3,(H,22,26). The molecule has 1 aromatic heterocycles. The van der Waals surface area contributed by atoms with E-state index in [0.29, 0.717) is 29.2 Å². The van der Waals surface area contributed by atoms with Crippen LogP contribution in [-0.4, -0.2) is 40.7 Å². The molecule has 144 valence electrons. The van der Waals surface area contributed by atoms with Gasteiger partial charge in [0.2, 0.25) is 5.88 Å². The van der Waals surface area contributed by atoms with Crippen LogP contribution in [0, 0.1) is 0 Å². The molecule has 0 bridgehead atoms. The minimum Gasteiger partial charge on any atom is -0.494 e. The number of nitrogens with zero attached hydrogens (tertiary/aromatic N) is 1. The molecule has 0 saturated heterocycles. The number of ether oxygens (including phenoxy) is 1. The van der Waals surface area contributed by atoms with Crippen molar-refractivity contribution in [3.63, 3.8) is 0 Å². The van der Waals surface area contributed by atoms with E-state index in [9.17, 15) is 14.7 Å². The molecule has 1 amide bonds. The van der Waals surface area contributed by atoms with Crippen molar-refractivity contribution < 1.29 is 14.6 Å². The number of benzene rings is 2. The first kappa shape index (κ1) is 18.1. The molecule has 8 heteroatoms. The van der Waals surface area contributed by atoms with Gasteiger partial charge < -0.3 is 20.1 Å². The van der Waals surface area contributed by atoms with Crippen LogP contribution in [-0.2, 0) is 6.42 Å². The topological polar surface area (TPSA) is 94.7 Å². The molecule has 0 aliphatic carbocycles. The van der Waals surface area contributed by atoms with Crippen LogP contribution in [0.3, 0.4) is 0 Å². The molecular formula is C20H19N3O4S. The molecule has 0 radical (unpaired) electrons. The number of hydrogen-bond acceptors (Lipinski definition) is 6. The average molecular weight is 397 g/mol. The zero-order chi connectivity index (χ0) is 19.7. The summed E-state index contributed by atoms with van der Waals surface area (Å²) >= 11 is 0.999. The highest BCUT2D eigenvalue weighted by Gasteiger charge is 2.29. The summed E-state index contributed by atoms with van der Waals surface area (Å²) in [5.41, 5.74) is 2.41. The minimum atomic E-state index is -0.271. The minimum absolute atomic E-state index is 0.0383. The first-order valence-corrected chi connectivity index (χ1v) is 9.58. The number of aromatic nitrogens is 1. The Kier molecular flexibility index (Phi) is 4.79. The number of hydrogen-bond donors (Lipinski definition) is 3. The second kappa shape index (κ2) is 7.40. The number of thiazole rings is 1. The quantitative estimate of drug-likeness (QED) is 0.615. The van der Waals surface area contributed by atoms with Crippen molar-refractivity contribution in [2.45, 2.75) is 12.6 Å². The number of aromatic amines is 1. The van der Waals surface area contributed by atoms with E-state index in [1.54, 1.807) is 18.0 Å². The van der Waals surface area contributed by atoms with E-state index in [1.807, 2.05) is 42.5 Å². The number of fused-ring (bicyclic) bond motifs is 1. The van der Waals surface area contributed by atoms with Crippen molar-refractivity contribution in [1.82, 2.24) is 9.88 Å². The van der Waals surface area contributed by atoms with Gasteiger partial charge in [-0.05, 0) is 29.8 Å². The van der Waals surface area contributed by atoms with Crippen LogP contribution in [0.2, 0.25) is 0 Å². The van der Waals surface area contributed by atoms with Crippen LogP contribution in [0.5, 0.6) is 11.6 Å². The molecule has 0 spiro atoms. The molecule has 1 aliphatic heterocycles. The number of amides is 1. The molecule has 3 N–H and O–H groups in total. The van der Waals surface area contributed by atoms with Gasteiger partial charge in [-0.3, -0.25) is 14.6 Å². The molecule has 1 aliphatic rings. The highest BCUT2D eigenvalue weighted by Crippen LogP contribution is 2.25. The number of carbonyl (C=O) groups is 1. The fourth-order valence-corrected chi connectivity index (χ4v) is 3.85. The summed E-state index contributed by atoms with van der Waals surface area (Å²) in [5, 5.41) is 13.0. The Morgan fingerprint density at radius 1 is 1.14 bits per heavy atom. The molecule has 0 fully saturated rings. The zero-order valence-corrected chi connectivity index (χ0v) is 16.0. The van der Waals surface area contributed by atoms with E-state index in [2.05, 4.69) is 10.3 Å². The molecule has 0 saturated carbocycles. The van der Waals surface area contributed by atoms with Gasteiger partial charge in [-0.2, -0.15) is 0 Å². The van der Waals surface area contributed by atoms with Crippen LogP contribution in [0.15, 0.2) is 53.3 Å². The first-order chi connectivity index (χ1) is 13.5. The van der Waals surface area contributed by atoms with E-state index in [1.165, 1.54) is 0 Å². The van der Waals surface area contributed by atoms with Crippen LogP contribution in [0.4, 0.5) is 5.69 Å². The van der Waals surface area contributed by atoms with Crippen molar-refractivity contribution in [3.8, 4) is 11.6 Å². The molecule has 7 nitrogen and oxygen atoms in total. The molecule has 3 aromatic rings. The maximum absolute atomic E-state index is 12.5. The number of anilines is 1. The van der Waals surface area contributed by atoms with E-state index < -0.39 is 0 Å². The largest absolute Gasteiger partial charge is 0.494 e. The lowest BCUT2D eigenvalue weighted by molar-refractivity contribution is 0.0689. The normalized spacial score (nSPS) is 15.8. The Bertz CT molecular complexity index is 1060. The molecule has 1 unspecified atom stereocenters. The summed E-state index contributed by atoms with van der Waals surface area (Å²) < 4.78 is 5.85.